The molecular weight excluding hydrogens is 102 g/mol. The zero-order valence-electron chi connectivity index (χ0n) is 5.55. The van der Waals surface area contributed by atoms with Crippen LogP contribution in [0.1, 0.15) is 26.2 Å². The summed E-state index contributed by atoms with van der Waals surface area (Å²) in [4.78, 5) is 0. The van der Waals surface area contributed by atoms with E-state index >= 15 is 0 Å². The molecule has 0 saturated carbocycles. The lowest BCUT2D eigenvalue weighted by Crippen LogP contribution is -1.94. The molecule has 0 bridgehead atoms. The SMILES string of the molecule is CCCCC=[N+](C)[O-]. The molecule has 0 fully saturated rings. The van der Waals surface area contributed by atoms with Gasteiger partial charge in [-0.2, -0.15) is 0 Å². The monoisotopic (exact) mass is 115 g/mol. The number of hydroxylamine groups is 1. The maximum atomic E-state index is 10.2. The Bertz CT molecular complexity index is 74.6. The molecule has 48 valence electrons. The second-order valence-corrected chi connectivity index (χ2v) is 1.87. The second kappa shape index (κ2) is 4.62. The smallest absolute Gasteiger partial charge is 0.150 e. The van der Waals surface area contributed by atoms with Gasteiger partial charge in [0.15, 0.2) is 6.21 Å². The molecule has 0 unspecified atom stereocenters. The molecule has 0 saturated heterocycles. The van der Waals surface area contributed by atoms with Crippen LogP contribution in [-0.2, 0) is 0 Å². The lowest BCUT2D eigenvalue weighted by atomic mass is 10.3. The van der Waals surface area contributed by atoms with Crippen molar-refractivity contribution in [2.45, 2.75) is 26.2 Å². The minimum absolute atomic E-state index is 0.857. The van der Waals surface area contributed by atoms with E-state index in [0.29, 0.717) is 0 Å². The van der Waals surface area contributed by atoms with Gasteiger partial charge in [-0.25, -0.2) is 4.74 Å². The molecule has 0 aromatic heterocycles. The summed E-state index contributed by atoms with van der Waals surface area (Å²) >= 11 is 0. The molecular formula is C6H13NO. The first-order valence-electron chi connectivity index (χ1n) is 3.00. The van der Waals surface area contributed by atoms with Crippen LogP contribution in [0.5, 0.6) is 0 Å². The predicted molar refractivity (Wildman–Crippen MR) is 35.1 cm³/mol. The third-order valence-corrected chi connectivity index (χ3v) is 0.944. The Morgan fingerprint density at radius 2 is 2.25 bits per heavy atom. The average Bonchev–Trinajstić information content (AvgIpc) is 1.66. The summed E-state index contributed by atoms with van der Waals surface area (Å²) in [6.07, 6.45) is 4.84. The molecule has 8 heavy (non-hydrogen) atoms. The number of rotatable bonds is 3. The van der Waals surface area contributed by atoms with E-state index in [1.165, 1.54) is 7.05 Å². The van der Waals surface area contributed by atoms with E-state index < -0.39 is 0 Å². The molecule has 0 aliphatic heterocycles. The predicted octanol–water partition coefficient (Wildman–Crippen LogP) is 1.39. The molecule has 0 atom stereocenters. The van der Waals surface area contributed by atoms with Crippen molar-refractivity contribution in [3.8, 4) is 0 Å². The van der Waals surface area contributed by atoms with Gasteiger partial charge in [0.25, 0.3) is 0 Å². The lowest BCUT2D eigenvalue weighted by Gasteiger charge is -1.92. The van der Waals surface area contributed by atoms with Crippen LogP contribution in [-0.4, -0.2) is 18.0 Å². The van der Waals surface area contributed by atoms with Crippen molar-refractivity contribution >= 4 is 6.21 Å². The third kappa shape index (κ3) is 5.47. The highest BCUT2D eigenvalue weighted by Gasteiger charge is 1.81. The van der Waals surface area contributed by atoms with E-state index in [0.717, 1.165) is 24.0 Å². The largest absolute Gasteiger partial charge is 0.624 e. The van der Waals surface area contributed by atoms with Gasteiger partial charge in [0.2, 0.25) is 0 Å². The highest BCUT2D eigenvalue weighted by Crippen LogP contribution is 1.88. The molecule has 0 spiro atoms. The minimum atomic E-state index is 0.857. The molecule has 0 aliphatic rings. The number of nitrogens with zero attached hydrogens (tertiary/aromatic N) is 1. The normalized spacial score (nSPS) is 12.0. The Morgan fingerprint density at radius 1 is 1.62 bits per heavy atom. The number of hydrogen-bond acceptors (Lipinski definition) is 1. The third-order valence-electron chi connectivity index (χ3n) is 0.944. The van der Waals surface area contributed by atoms with Gasteiger partial charge in [-0.1, -0.05) is 13.3 Å². The van der Waals surface area contributed by atoms with E-state index in [9.17, 15) is 5.21 Å². The Hall–Kier alpha value is -0.530. The highest BCUT2D eigenvalue weighted by atomic mass is 16.5. The maximum absolute atomic E-state index is 10.2. The van der Waals surface area contributed by atoms with Crippen molar-refractivity contribution in [1.29, 1.82) is 0 Å². The van der Waals surface area contributed by atoms with Crippen LogP contribution in [0.15, 0.2) is 0 Å². The summed E-state index contributed by atoms with van der Waals surface area (Å²) in [5.74, 6) is 0. The first-order valence-corrected chi connectivity index (χ1v) is 3.00. The molecule has 0 aromatic rings. The van der Waals surface area contributed by atoms with Gasteiger partial charge in [0.05, 0.1) is 0 Å². The standard InChI is InChI=1S/C6H13NO/c1-3-4-5-6-7(2)8/h6H,3-5H2,1-2H3. The lowest BCUT2D eigenvalue weighted by molar-refractivity contribution is -0.418. The average molecular weight is 115 g/mol. The van der Waals surface area contributed by atoms with Crippen LogP contribution < -0.4 is 0 Å². The van der Waals surface area contributed by atoms with Gasteiger partial charge in [0.1, 0.15) is 7.05 Å². The van der Waals surface area contributed by atoms with Crippen molar-refractivity contribution in [1.82, 2.24) is 0 Å². The Labute approximate surface area is 50.4 Å². The van der Waals surface area contributed by atoms with Crippen LogP contribution in [0.25, 0.3) is 0 Å². The Balaban J connectivity index is 3.03. The van der Waals surface area contributed by atoms with Crippen LogP contribution in [0.2, 0.25) is 0 Å². The maximum Gasteiger partial charge on any atom is 0.150 e. The van der Waals surface area contributed by atoms with Crippen LogP contribution in [0, 0.1) is 5.21 Å². The van der Waals surface area contributed by atoms with Crippen LogP contribution in [0.4, 0.5) is 0 Å². The topological polar surface area (TPSA) is 26.1 Å². The second-order valence-electron chi connectivity index (χ2n) is 1.87. The first-order chi connectivity index (χ1) is 3.77. The van der Waals surface area contributed by atoms with Gasteiger partial charge >= 0.3 is 0 Å². The molecule has 0 radical (unpaired) electrons. The molecule has 0 rings (SSSR count). The van der Waals surface area contributed by atoms with Crippen LogP contribution >= 0.6 is 0 Å². The zero-order chi connectivity index (χ0) is 6.41. The molecule has 0 N–H and O–H groups in total. The van der Waals surface area contributed by atoms with Gasteiger partial charge in [-0.3, -0.25) is 0 Å². The fraction of sp³-hybridized carbons (Fsp3) is 0.833. The van der Waals surface area contributed by atoms with Crippen molar-refractivity contribution < 1.29 is 4.74 Å². The van der Waals surface area contributed by atoms with Crippen LogP contribution in [0.3, 0.4) is 0 Å². The molecule has 2 nitrogen and oxygen atoms in total. The zero-order valence-corrected chi connectivity index (χ0v) is 5.55. The minimum Gasteiger partial charge on any atom is -0.624 e. The fourth-order valence-electron chi connectivity index (χ4n) is 0.477. The molecule has 0 amide bonds. The summed E-state index contributed by atoms with van der Waals surface area (Å²) in [6, 6.07) is 0. The Morgan fingerprint density at radius 3 is 2.62 bits per heavy atom. The van der Waals surface area contributed by atoms with Gasteiger partial charge < -0.3 is 5.21 Å². The fourth-order valence-corrected chi connectivity index (χ4v) is 0.477. The van der Waals surface area contributed by atoms with Gasteiger partial charge in [-0.15, -0.1) is 0 Å². The molecule has 0 aromatic carbocycles. The number of hydrogen-bond donors (Lipinski definition) is 0. The highest BCUT2D eigenvalue weighted by molar-refractivity contribution is 5.50. The number of unbranched alkanes of at least 4 members (excludes halogenated alkanes) is 2. The Kier molecular flexibility index (Phi) is 4.32. The van der Waals surface area contributed by atoms with E-state index in [4.69, 9.17) is 0 Å². The first kappa shape index (κ1) is 7.47. The van der Waals surface area contributed by atoms with E-state index in [2.05, 4.69) is 6.92 Å². The molecule has 0 heterocycles. The summed E-state index contributed by atoms with van der Waals surface area (Å²) in [6.45, 7) is 2.11. The summed E-state index contributed by atoms with van der Waals surface area (Å²) in [5.41, 5.74) is 0. The van der Waals surface area contributed by atoms with E-state index in [1.807, 2.05) is 0 Å². The summed E-state index contributed by atoms with van der Waals surface area (Å²) in [7, 11) is 1.51. The van der Waals surface area contributed by atoms with Crippen molar-refractivity contribution in [3.63, 3.8) is 0 Å². The van der Waals surface area contributed by atoms with Crippen molar-refractivity contribution in [2.24, 2.45) is 0 Å². The summed E-state index contributed by atoms with van der Waals surface area (Å²) in [5, 5.41) is 10.2. The summed E-state index contributed by atoms with van der Waals surface area (Å²) < 4.78 is 0.857. The molecule has 0 aliphatic carbocycles. The van der Waals surface area contributed by atoms with Gasteiger partial charge in [-0.05, 0) is 6.42 Å². The van der Waals surface area contributed by atoms with Crippen molar-refractivity contribution in [3.05, 3.63) is 5.21 Å². The van der Waals surface area contributed by atoms with Gasteiger partial charge in [0, 0.05) is 6.42 Å². The van der Waals surface area contributed by atoms with E-state index in [1.54, 1.807) is 6.21 Å². The van der Waals surface area contributed by atoms with Crippen molar-refractivity contribution in [2.75, 3.05) is 7.05 Å². The van der Waals surface area contributed by atoms with E-state index in [-0.39, 0.29) is 0 Å². The molecule has 2 heteroatoms. The quantitative estimate of drug-likeness (QED) is 0.179.